The zero-order valence-corrected chi connectivity index (χ0v) is 20.6. The predicted molar refractivity (Wildman–Crippen MR) is 143 cm³/mol. The number of H-pyrrole nitrogens is 1. The molecule has 0 radical (unpaired) electrons. The van der Waals surface area contributed by atoms with E-state index in [4.69, 9.17) is 21.7 Å². The maximum Gasteiger partial charge on any atom is 0.253 e. The molecule has 2 N–H and O–H groups in total. The molecule has 0 spiro atoms. The number of pyridine rings is 1. The normalized spacial score (nSPS) is 12.1. The Morgan fingerprint density at radius 1 is 1.00 bits per heavy atom. The van der Waals surface area contributed by atoms with Crippen molar-refractivity contribution in [3.63, 3.8) is 0 Å². The number of nitrogens with zero attached hydrogens (tertiary/aromatic N) is 1. The number of aromatic amines is 1. The first-order valence-electron chi connectivity index (χ1n) is 11.6. The predicted octanol–water partition coefficient (Wildman–Crippen LogP) is 5.53. The number of rotatable bonds is 6. The summed E-state index contributed by atoms with van der Waals surface area (Å²) in [7, 11) is 0. The van der Waals surface area contributed by atoms with Gasteiger partial charge in [0, 0.05) is 23.3 Å². The minimum Gasteiger partial charge on any atom is -0.454 e. The number of ether oxygens (including phenoxy) is 2. The monoisotopic (exact) mass is 485 g/mol. The number of para-hydroxylation sites is 1. The largest absolute Gasteiger partial charge is 0.454 e. The maximum atomic E-state index is 13.0. The van der Waals surface area contributed by atoms with E-state index < -0.39 is 0 Å². The molecule has 0 amide bonds. The Labute approximate surface area is 209 Å². The summed E-state index contributed by atoms with van der Waals surface area (Å²) in [6.45, 7) is 5.21. The standard InChI is InChI=1S/C28H27N3O3S/c1-3-20-6-4-5-7-23(20)30-28(35)31(15-19-9-11-25-26(13-19)34-17-33-25)16-22-14-21-10-8-18(2)12-24(21)29-27(22)32/h4-14H,3,15-17H2,1-2H3,(H,29,32)(H,30,35). The number of thiocarbonyl (C=S) groups is 1. The molecule has 1 aromatic heterocycles. The molecule has 0 unspecified atom stereocenters. The number of benzene rings is 3. The molecule has 1 aliphatic rings. The van der Waals surface area contributed by atoms with Crippen molar-refractivity contribution in [2.24, 2.45) is 0 Å². The minimum atomic E-state index is -0.115. The van der Waals surface area contributed by atoms with E-state index in [2.05, 4.69) is 23.3 Å². The first kappa shape index (κ1) is 22.9. The summed E-state index contributed by atoms with van der Waals surface area (Å²) >= 11 is 5.87. The maximum absolute atomic E-state index is 13.0. The molecule has 3 aromatic carbocycles. The third-order valence-electron chi connectivity index (χ3n) is 6.18. The van der Waals surface area contributed by atoms with Crippen LogP contribution in [0, 0.1) is 6.92 Å². The number of aryl methyl sites for hydroxylation is 2. The lowest BCUT2D eigenvalue weighted by Gasteiger charge is -2.27. The summed E-state index contributed by atoms with van der Waals surface area (Å²) in [5.41, 5.74) is 5.62. The molecule has 7 heteroatoms. The fourth-order valence-corrected chi connectivity index (χ4v) is 4.53. The molecule has 1 aliphatic heterocycles. The van der Waals surface area contributed by atoms with Crippen LogP contribution in [0.3, 0.4) is 0 Å². The average Bonchev–Trinajstić information content (AvgIpc) is 3.32. The van der Waals surface area contributed by atoms with Gasteiger partial charge in [-0.3, -0.25) is 4.79 Å². The molecule has 0 atom stereocenters. The summed E-state index contributed by atoms with van der Waals surface area (Å²) in [6.07, 6.45) is 0.887. The Bertz CT molecular complexity index is 1460. The van der Waals surface area contributed by atoms with Crippen LogP contribution >= 0.6 is 12.2 Å². The van der Waals surface area contributed by atoms with Gasteiger partial charge in [0.25, 0.3) is 5.56 Å². The van der Waals surface area contributed by atoms with E-state index in [1.54, 1.807) is 0 Å². The smallest absolute Gasteiger partial charge is 0.253 e. The fourth-order valence-electron chi connectivity index (χ4n) is 4.29. The summed E-state index contributed by atoms with van der Waals surface area (Å²) in [5.74, 6) is 1.45. The third-order valence-corrected chi connectivity index (χ3v) is 6.54. The SMILES string of the molecule is CCc1ccccc1NC(=S)N(Cc1ccc2c(c1)OCO2)Cc1cc2ccc(C)cc2[nH]c1=O. The number of anilines is 1. The van der Waals surface area contributed by atoms with E-state index in [9.17, 15) is 4.79 Å². The Morgan fingerprint density at radius 2 is 1.83 bits per heavy atom. The molecule has 0 saturated carbocycles. The summed E-state index contributed by atoms with van der Waals surface area (Å²) in [5, 5.41) is 4.95. The lowest BCUT2D eigenvalue weighted by atomic mass is 10.1. The van der Waals surface area contributed by atoms with Crippen LogP contribution in [0.15, 0.2) is 71.5 Å². The van der Waals surface area contributed by atoms with Gasteiger partial charge < -0.3 is 24.7 Å². The van der Waals surface area contributed by atoms with Crippen molar-refractivity contribution in [3.05, 3.63) is 99.3 Å². The van der Waals surface area contributed by atoms with Gasteiger partial charge >= 0.3 is 0 Å². The Kier molecular flexibility index (Phi) is 6.42. The molecule has 0 bridgehead atoms. The first-order chi connectivity index (χ1) is 17.0. The van der Waals surface area contributed by atoms with E-state index in [0.717, 1.165) is 45.6 Å². The van der Waals surface area contributed by atoms with Crippen LogP contribution in [0.1, 0.15) is 29.2 Å². The Hall–Kier alpha value is -3.84. The van der Waals surface area contributed by atoms with Gasteiger partial charge in [0.15, 0.2) is 16.6 Å². The highest BCUT2D eigenvalue weighted by molar-refractivity contribution is 7.80. The summed E-state index contributed by atoms with van der Waals surface area (Å²) in [4.78, 5) is 18.0. The highest BCUT2D eigenvalue weighted by atomic mass is 32.1. The van der Waals surface area contributed by atoms with Crippen LogP contribution in [0.2, 0.25) is 0 Å². The number of hydrogen-bond donors (Lipinski definition) is 2. The highest BCUT2D eigenvalue weighted by Gasteiger charge is 2.18. The zero-order valence-electron chi connectivity index (χ0n) is 19.8. The van der Waals surface area contributed by atoms with Gasteiger partial charge in [0.2, 0.25) is 6.79 Å². The molecule has 2 heterocycles. The second-order valence-electron chi connectivity index (χ2n) is 8.70. The molecular weight excluding hydrogens is 458 g/mol. The van der Waals surface area contributed by atoms with Crippen molar-refractivity contribution in [3.8, 4) is 11.5 Å². The molecule has 4 aromatic rings. The topological polar surface area (TPSA) is 66.6 Å². The molecule has 0 fully saturated rings. The van der Waals surface area contributed by atoms with Crippen LogP contribution in [-0.2, 0) is 19.5 Å². The van der Waals surface area contributed by atoms with Crippen LogP contribution in [0.25, 0.3) is 10.9 Å². The average molecular weight is 486 g/mol. The van der Waals surface area contributed by atoms with Crippen LogP contribution in [0.4, 0.5) is 5.69 Å². The van der Waals surface area contributed by atoms with Gasteiger partial charge in [-0.1, -0.05) is 43.3 Å². The molecule has 5 rings (SSSR count). The number of nitrogens with one attached hydrogen (secondary N) is 2. The van der Waals surface area contributed by atoms with Crippen LogP contribution in [-0.4, -0.2) is 21.8 Å². The van der Waals surface area contributed by atoms with E-state index in [-0.39, 0.29) is 12.4 Å². The molecule has 178 valence electrons. The van der Waals surface area contributed by atoms with Crippen molar-refractivity contribution in [1.82, 2.24) is 9.88 Å². The second kappa shape index (κ2) is 9.80. The molecule has 6 nitrogen and oxygen atoms in total. The van der Waals surface area contributed by atoms with Crippen LogP contribution < -0.4 is 20.3 Å². The minimum absolute atomic E-state index is 0.115. The summed E-state index contributed by atoms with van der Waals surface area (Å²) in [6, 6.07) is 22.0. The second-order valence-corrected chi connectivity index (χ2v) is 9.09. The quantitative estimate of drug-likeness (QED) is 0.350. The Balaban J connectivity index is 1.47. The number of aromatic nitrogens is 1. The molecule has 0 aliphatic carbocycles. The van der Waals surface area contributed by atoms with Gasteiger partial charge in [0.1, 0.15) is 0 Å². The van der Waals surface area contributed by atoms with Gasteiger partial charge in [-0.15, -0.1) is 0 Å². The van der Waals surface area contributed by atoms with Gasteiger partial charge in [-0.25, -0.2) is 0 Å². The van der Waals surface area contributed by atoms with Crippen molar-refractivity contribution >= 4 is 33.9 Å². The van der Waals surface area contributed by atoms with Crippen LogP contribution in [0.5, 0.6) is 11.5 Å². The number of fused-ring (bicyclic) bond motifs is 2. The molecule has 35 heavy (non-hydrogen) atoms. The van der Waals surface area contributed by atoms with E-state index in [0.29, 0.717) is 23.8 Å². The van der Waals surface area contributed by atoms with Gasteiger partial charge in [0.05, 0.1) is 6.54 Å². The zero-order chi connectivity index (χ0) is 24.4. The number of hydrogen-bond acceptors (Lipinski definition) is 4. The van der Waals surface area contributed by atoms with E-state index in [1.165, 1.54) is 5.56 Å². The fraction of sp³-hybridized carbons (Fsp3) is 0.214. The third kappa shape index (κ3) is 5.00. The van der Waals surface area contributed by atoms with Crippen molar-refractivity contribution in [2.75, 3.05) is 12.1 Å². The first-order valence-corrected chi connectivity index (χ1v) is 12.1. The molecule has 0 saturated heterocycles. The Morgan fingerprint density at radius 3 is 2.69 bits per heavy atom. The van der Waals surface area contributed by atoms with Crippen molar-refractivity contribution in [1.29, 1.82) is 0 Å². The molecular formula is C28H27N3O3S. The lowest BCUT2D eigenvalue weighted by Crippen LogP contribution is -2.35. The van der Waals surface area contributed by atoms with E-state index >= 15 is 0 Å². The lowest BCUT2D eigenvalue weighted by molar-refractivity contribution is 0.174. The van der Waals surface area contributed by atoms with Crippen molar-refractivity contribution in [2.45, 2.75) is 33.4 Å². The van der Waals surface area contributed by atoms with Gasteiger partial charge in [-0.2, -0.15) is 0 Å². The van der Waals surface area contributed by atoms with Gasteiger partial charge in [-0.05, 0) is 78.0 Å². The van der Waals surface area contributed by atoms with E-state index in [1.807, 2.05) is 72.5 Å². The van der Waals surface area contributed by atoms with Crippen molar-refractivity contribution < 1.29 is 9.47 Å². The summed E-state index contributed by atoms with van der Waals surface area (Å²) < 4.78 is 11.0. The highest BCUT2D eigenvalue weighted by Crippen LogP contribution is 2.33.